The number of carbonyl (C=O) groups excluding carboxylic acids is 2. The van der Waals surface area contributed by atoms with Gasteiger partial charge in [-0.15, -0.1) is 0 Å². The molecule has 2 heterocycles. The summed E-state index contributed by atoms with van der Waals surface area (Å²) in [5, 5.41) is 58.3. The normalized spacial score (nSPS) is 46.2. The number of ether oxygens (including phenoxy) is 4. The fourth-order valence-electron chi connectivity index (χ4n) is 8.56. The van der Waals surface area contributed by atoms with Crippen LogP contribution < -0.4 is 0 Å². The van der Waals surface area contributed by atoms with Gasteiger partial charge in [0, 0.05) is 23.0 Å². The number of carbonyl (C=O) groups is 2. The molecular formula is C34H36O11. The number of esters is 1. The van der Waals surface area contributed by atoms with Crippen molar-refractivity contribution in [3.63, 3.8) is 0 Å². The molecule has 12 atom stereocenters. The van der Waals surface area contributed by atoms with Crippen LogP contribution >= 0.6 is 0 Å². The van der Waals surface area contributed by atoms with Crippen LogP contribution in [0.2, 0.25) is 0 Å². The molecule has 3 aliphatic carbocycles. The van der Waals surface area contributed by atoms with Gasteiger partial charge in [-0.2, -0.15) is 0 Å². The van der Waals surface area contributed by atoms with Crippen LogP contribution in [0.4, 0.5) is 0 Å². The maximum atomic E-state index is 13.8. The van der Waals surface area contributed by atoms with Crippen LogP contribution in [0.5, 0.6) is 0 Å². The van der Waals surface area contributed by atoms with E-state index in [2.05, 4.69) is 6.58 Å². The van der Waals surface area contributed by atoms with Gasteiger partial charge in [0.2, 0.25) is 0 Å². The summed E-state index contributed by atoms with van der Waals surface area (Å²) in [5.41, 5.74) is -8.49. The number of hydrogen-bond acceptors (Lipinski definition) is 11. The van der Waals surface area contributed by atoms with Crippen LogP contribution in [0.15, 0.2) is 84.5 Å². The van der Waals surface area contributed by atoms with Crippen LogP contribution in [0.1, 0.15) is 36.7 Å². The maximum absolute atomic E-state index is 13.8. The number of aliphatic hydroxyl groups excluding tert-OH is 3. The molecule has 7 rings (SSSR count). The molecular weight excluding hydrogens is 584 g/mol. The van der Waals surface area contributed by atoms with Crippen LogP contribution in [0.3, 0.4) is 0 Å². The monoisotopic (exact) mass is 620 g/mol. The molecule has 0 aromatic heterocycles. The number of aliphatic hydroxyl groups is 5. The zero-order valence-corrected chi connectivity index (χ0v) is 25.0. The van der Waals surface area contributed by atoms with Crippen LogP contribution in [0, 0.1) is 17.8 Å². The van der Waals surface area contributed by atoms with E-state index in [0.29, 0.717) is 11.1 Å². The third kappa shape index (κ3) is 3.47. The van der Waals surface area contributed by atoms with Crippen LogP contribution in [-0.4, -0.2) is 90.7 Å². The van der Waals surface area contributed by atoms with Gasteiger partial charge in [-0.1, -0.05) is 75.0 Å². The predicted octanol–water partition coefficient (Wildman–Crippen LogP) is 1.12. The van der Waals surface area contributed by atoms with Crippen LogP contribution in [-0.2, 0) is 29.7 Å². The molecule has 5 aliphatic rings. The molecule has 4 fully saturated rings. The van der Waals surface area contributed by atoms with Gasteiger partial charge in [0.05, 0.1) is 24.2 Å². The SMILES string of the molecule is C=C(C)[C@@]12O[C@@]3(c4ccccc4)O[C@@H]1[C@@H]1[C@H](O)[C@](O)(CO)[C@@H](O)[C@]4(O)C(=O)[C@@H](C)C=C4[C@@]1(O3)[C@H](C)[C@H]2OC(=O)c1ccccc1. The number of Topliss-reactive ketones (excluding diaryl/α,β-unsaturated/α-hetero) is 1. The molecule has 0 radical (unpaired) electrons. The summed E-state index contributed by atoms with van der Waals surface area (Å²) >= 11 is 0. The van der Waals surface area contributed by atoms with Crippen LogP contribution in [0.25, 0.3) is 0 Å². The largest absolute Gasteiger partial charge is 0.455 e. The van der Waals surface area contributed by atoms with Crippen molar-refractivity contribution in [3.05, 3.63) is 95.6 Å². The fourth-order valence-corrected chi connectivity index (χ4v) is 8.56. The Labute approximate surface area is 259 Å². The van der Waals surface area contributed by atoms with Gasteiger partial charge in [0.25, 0.3) is 0 Å². The van der Waals surface area contributed by atoms with Crippen molar-refractivity contribution in [3.8, 4) is 0 Å². The van der Waals surface area contributed by atoms with Crippen molar-refractivity contribution in [1.29, 1.82) is 0 Å². The highest BCUT2D eigenvalue weighted by Gasteiger charge is 2.86. The summed E-state index contributed by atoms with van der Waals surface area (Å²) in [7, 11) is 0. The first kappa shape index (κ1) is 30.4. The number of hydrogen-bond donors (Lipinski definition) is 5. The summed E-state index contributed by atoms with van der Waals surface area (Å²) < 4.78 is 26.6. The third-order valence-electron chi connectivity index (χ3n) is 10.7. The Morgan fingerprint density at radius 2 is 1.62 bits per heavy atom. The number of ketones is 1. The number of rotatable bonds is 5. The highest BCUT2D eigenvalue weighted by Crippen LogP contribution is 2.71. The molecule has 2 saturated heterocycles. The van der Waals surface area contributed by atoms with Crippen molar-refractivity contribution in [2.24, 2.45) is 17.8 Å². The average molecular weight is 621 g/mol. The Bertz CT molecular complexity index is 1610. The zero-order valence-electron chi connectivity index (χ0n) is 25.0. The minimum Gasteiger partial charge on any atom is -0.455 e. The minimum absolute atomic E-state index is 0.142. The summed E-state index contributed by atoms with van der Waals surface area (Å²) in [6.45, 7) is 7.81. The zero-order chi connectivity index (χ0) is 32.3. The Kier molecular flexibility index (Phi) is 6.50. The summed E-state index contributed by atoms with van der Waals surface area (Å²) in [6, 6.07) is 16.9. The molecule has 2 aliphatic heterocycles. The molecule has 45 heavy (non-hydrogen) atoms. The molecule has 238 valence electrons. The van der Waals surface area contributed by atoms with Gasteiger partial charge in [0.15, 0.2) is 17.0 Å². The lowest BCUT2D eigenvalue weighted by atomic mass is 9.54. The Morgan fingerprint density at radius 3 is 2.22 bits per heavy atom. The van der Waals surface area contributed by atoms with Crippen molar-refractivity contribution >= 4 is 11.8 Å². The lowest BCUT2D eigenvalue weighted by Crippen LogP contribution is -2.76. The molecule has 0 spiro atoms. The van der Waals surface area contributed by atoms with E-state index in [1.54, 1.807) is 74.5 Å². The van der Waals surface area contributed by atoms with Gasteiger partial charge in [-0.25, -0.2) is 4.79 Å². The first-order valence-corrected chi connectivity index (χ1v) is 15.0. The van der Waals surface area contributed by atoms with E-state index in [0.717, 1.165) is 0 Å². The summed E-state index contributed by atoms with van der Waals surface area (Å²) in [5.74, 6) is -6.98. The van der Waals surface area contributed by atoms with Crippen molar-refractivity contribution in [2.45, 2.75) is 73.6 Å². The van der Waals surface area contributed by atoms with E-state index in [4.69, 9.17) is 18.9 Å². The van der Waals surface area contributed by atoms with Crippen molar-refractivity contribution in [2.75, 3.05) is 6.61 Å². The molecule has 11 nitrogen and oxygen atoms in total. The quantitative estimate of drug-likeness (QED) is 0.240. The lowest BCUT2D eigenvalue weighted by Gasteiger charge is -2.60. The average Bonchev–Trinajstić information content (AvgIpc) is 3.43. The first-order valence-electron chi connectivity index (χ1n) is 15.0. The van der Waals surface area contributed by atoms with E-state index in [1.807, 2.05) is 0 Å². The van der Waals surface area contributed by atoms with E-state index >= 15 is 0 Å². The van der Waals surface area contributed by atoms with E-state index in [9.17, 15) is 35.1 Å². The maximum Gasteiger partial charge on any atom is 0.338 e. The second-order valence-corrected chi connectivity index (χ2v) is 13.0. The Morgan fingerprint density at radius 1 is 1.00 bits per heavy atom. The van der Waals surface area contributed by atoms with Gasteiger partial charge < -0.3 is 44.5 Å². The molecule has 11 heteroatoms. The fraction of sp³-hybridized carbons (Fsp3) is 0.471. The second-order valence-electron chi connectivity index (χ2n) is 13.0. The standard InChI is InChI=1S/C34H36O11/c1-17(2)32-26(42-28(38)20-11-7-5-8-12-20)19(4)33-22-15-18(3)24(36)31(22,41)29(39)30(40,16-35)25(37)23(33)27(32)43-34(44-32,45-33)21-13-9-6-10-14-21/h5-15,18-19,23,25-27,29,35,37,39-41H,1,16H2,2-4H3/t18-,19+,23-,25-,26+,27+,29+,30+,31+,32-,33-,34+/m0/s1. The molecule has 0 amide bonds. The molecule has 2 aromatic carbocycles. The van der Waals surface area contributed by atoms with E-state index < -0.39 is 88.9 Å². The molecule has 5 N–H and O–H groups in total. The van der Waals surface area contributed by atoms with Crippen molar-refractivity contribution < 1.29 is 54.1 Å². The Hall–Kier alpha value is -3.26. The molecule has 2 aromatic rings. The molecule has 0 unspecified atom stereocenters. The highest BCUT2D eigenvalue weighted by atomic mass is 16.9. The summed E-state index contributed by atoms with van der Waals surface area (Å²) in [4.78, 5) is 27.5. The highest BCUT2D eigenvalue weighted by molar-refractivity contribution is 5.98. The summed E-state index contributed by atoms with van der Waals surface area (Å²) in [6.07, 6.45) is -5.54. The third-order valence-corrected chi connectivity index (χ3v) is 10.7. The second kappa shape index (κ2) is 9.63. The first-order chi connectivity index (χ1) is 21.3. The molecule has 3 bridgehead atoms. The lowest BCUT2D eigenvalue weighted by molar-refractivity contribution is -0.428. The van der Waals surface area contributed by atoms with Gasteiger partial charge in [-0.3, -0.25) is 4.79 Å². The van der Waals surface area contributed by atoms with Gasteiger partial charge in [0.1, 0.15) is 29.5 Å². The number of allylic oxidation sites excluding steroid dienone is 1. The predicted molar refractivity (Wildman–Crippen MR) is 155 cm³/mol. The topological polar surface area (TPSA) is 172 Å². The number of fused-ring (bicyclic) bond motifs is 2. The van der Waals surface area contributed by atoms with E-state index in [1.165, 1.54) is 13.0 Å². The smallest absolute Gasteiger partial charge is 0.338 e. The van der Waals surface area contributed by atoms with Gasteiger partial charge in [-0.05, 0) is 24.6 Å². The van der Waals surface area contributed by atoms with Crippen molar-refractivity contribution in [1.82, 2.24) is 0 Å². The minimum atomic E-state index is -2.82. The number of benzene rings is 2. The Balaban J connectivity index is 1.55. The van der Waals surface area contributed by atoms with E-state index in [-0.39, 0.29) is 11.1 Å². The van der Waals surface area contributed by atoms with Gasteiger partial charge >= 0.3 is 11.9 Å². The molecule has 2 saturated carbocycles.